The first-order valence-electron chi connectivity index (χ1n) is 11.3. The van der Waals surface area contributed by atoms with Gasteiger partial charge in [-0.2, -0.15) is 0 Å². The van der Waals surface area contributed by atoms with Crippen molar-refractivity contribution in [1.29, 1.82) is 0 Å². The maximum atomic E-state index is 13.6. The van der Waals surface area contributed by atoms with Crippen LogP contribution in [0.15, 0.2) is 94.4 Å². The van der Waals surface area contributed by atoms with Gasteiger partial charge >= 0.3 is 0 Å². The first kappa shape index (κ1) is 24.5. The molecule has 0 bridgehead atoms. The zero-order valence-corrected chi connectivity index (χ0v) is 21.7. The van der Waals surface area contributed by atoms with Crippen LogP contribution >= 0.6 is 11.3 Å². The van der Waals surface area contributed by atoms with E-state index in [0.717, 1.165) is 15.8 Å². The van der Waals surface area contributed by atoms with E-state index < -0.39 is 10.0 Å². The number of para-hydroxylation sites is 1. The highest BCUT2D eigenvalue weighted by Gasteiger charge is 2.23. The lowest BCUT2D eigenvalue weighted by Gasteiger charge is -2.19. The number of aromatic nitrogens is 1. The number of fused-ring (bicyclic) bond motifs is 1. The largest absolute Gasteiger partial charge is 0.497 e. The number of aryl methyl sites for hydroxylation is 1. The van der Waals surface area contributed by atoms with Crippen molar-refractivity contribution in [1.82, 2.24) is 4.98 Å². The molecule has 0 aliphatic carbocycles. The third-order valence-electron chi connectivity index (χ3n) is 5.73. The summed E-state index contributed by atoms with van der Waals surface area (Å²) in [6, 6.07) is 21.9. The predicted molar refractivity (Wildman–Crippen MR) is 144 cm³/mol. The minimum Gasteiger partial charge on any atom is -0.497 e. The van der Waals surface area contributed by atoms with E-state index in [1.54, 1.807) is 59.7 Å². The van der Waals surface area contributed by atoms with E-state index in [0.29, 0.717) is 27.9 Å². The van der Waals surface area contributed by atoms with Crippen molar-refractivity contribution in [3.63, 3.8) is 0 Å². The maximum Gasteiger partial charge on any atom is 0.261 e. The van der Waals surface area contributed by atoms with Gasteiger partial charge in [0, 0.05) is 11.3 Å². The van der Waals surface area contributed by atoms with Crippen molar-refractivity contribution >= 4 is 48.3 Å². The Morgan fingerprint density at radius 1 is 1.03 bits per heavy atom. The van der Waals surface area contributed by atoms with Gasteiger partial charge in [0.25, 0.3) is 15.9 Å². The van der Waals surface area contributed by atoms with Crippen molar-refractivity contribution in [2.24, 2.45) is 0 Å². The Balaban J connectivity index is 1.41. The van der Waals surface area contributed by atoms with Crippen molar-refractivity contribution < 1.29 is 22.4 Å². The fourth-order valence-corrected chi connectivity index (χ4v) is 5.88. The van der Waals surface area contributed by atoms with Gasteiger partial charge in [0.15, 0.2) is 5.13 Å². The summed E-state index contributed by atoms with van der Waals surface area (Å²) in [6.45, 7) is 2.19. The summed E-state index contributed by atoms with van der Waals surface area (Å²) in [6.07, 6.45) is 1.56. The number of sulfonamides is 1. The number of benzene rings is 3. The first-order chi connectivity index (χ1) is 17.8. The summed E-state index contributed by atoms with van der Waals surface area (Å²) >= 11 is 1.43. The molecule has 0 radical (unpaired) electrons. The molecule has 0 unspecified atom stereocenters. The van der Waals surface area contributed by atoms with Crippen LogP contribution in [0.1, 0.15) is 21.7 Å². The van der Waals surface area contributed by atoms with Gasteiger partial charge in [-0.25, -0.2) is 13.4 Å². The van der Waals surface area contributed by atoms with Crippen LogP contribution in [0.3, 0.4) is 0 Å². The number of furan rings is 1. The van der Waals surface area contributed by atoms with E-state index in [2.05, 4.69) is 4.72 Å². The zero-order chi connectivity index (χ0) is 26.0. The van der Waals surface area contributed by atoms with Crippen LogP contribution in [0.4, 0.5) is 10.8 Å². The third kappa shape index (κ3) is 5.20. The van der Waals surface area contributed by atoms with Gasteiger partial charge < -0.3 is 9.15 Å². The van der Waals surface area contributed by atoms with Crippen molar-refractivity contribution in [2.45, 2.75) is 18.4 Å². The van der Waals surface area contributed by atoms with Gasteiger partial charge in [-0.15, -0.1) is 0 Å². The number of nitrogens with one attached hydrogen (secondary N) is 1. The van der Waals surface area contributed by atoms with Crippen molar-refractivity contribution in [2.75, 3.05) is 16.7 Å². The number of ether oxygens (including phenoxy) is 1. The topological polar surface area (TPSA) is 102 Å². The molecule has 8 nitrogen and oxygen atoms in total. The third-order valence-corrected chi connectivity index (χ3v) is 8.17. The molecule has 1 N–H and O–H groups in total. The van der Waals surface area contributed by atoms with Gasteiger partial charge in [0.05, 0.1) is 35.0 Å². The highest BCUT2D eigenvalue weighted by molar-refractivity contribution is 7.92. The van der Waals surface area contributed by atoms with E-state index in [1.807, 2.05) is 25.1 Å². The van der Waals surface area contributed by atoms with E-state index in [9.17, 15) is 13.2 Å². The molecule has 0 atom stereocenters. The Bertz CT molecular complexity index is 1640. The van der Waals surface area contributed by atoms with E-state index >= 15 is 0 Å². The number of methoxy groups -OCH3 is 1. The molecule has 3 aromatic carbocycles. The molecule has 10 heteroatoms. The molecule has 37 heavy (non-hydrogen) atoms. The summed E-state index contributed by atoms with van der Waals surface area (Å²) in [5.74, 6) is 0.898. The molecule has 2 heterocycles. The van der Waals surface area contributed by atoms with Crippen LogP contribution < -0.4 is 14.4 Å². The van der Waals surface area contributed by atoms with Crippen LogP contribution in [0, 0.1) is 6.92 Å². The monoisotopic (exact) mass is 533 g/mol. The number of amides is 1. The van der Waals surface area contributed by atoms with Gasteiger partial charge in [0.2, 0.25) is 0 Å². The Labute approximate surface area is 218 Å². The lowest BCUT2D eigenvalue weighted by atomic mass is 10.2. The number of hydrogen-bond acceptors (Lipinski definition) is 7. The number of carbonyl (C=O) groups is 1. The average Bonchev–Trinajstić information content (AvgIpc) is 3.58. The fourth-order valence-electron chi connectivity index (χ4n) is 3.78. The number of hydrogen-bond donors (Lipinski definition) is 1. The molecule has 1 amide bonds. The molecule has 0 aliphatic heterocycles. The fraction of sp³-hybridized carbons (Fsp3) is 0.111. The summed E-state index contributed by atoms with van der Waals surface area (Å²) < 4.78 is 39.6. The molecular formula is C27H23N3O5S2. The quantitative estimate of drug-likeness (QED) is 0.268. The summed E-state index contributed by atoms with van der Waals surface area (Å²) in [7, 11) is -2.29. The van der Waals surface area contributed by atoms with E-state index in [4.69, 9.17) is 14.1 Å². The van der Waals surface area contributed by atoms with Crippen LogP contribution in [-0.4, -0.2) is 26.4 Å². The normalized spacial score (nSPS) is 11.4. The second-order valence-electron chi connectivity index (χ2n) is 8.25. The van der Waals surface area contributed by atoms with Gasteiger partial charge in [-0.1, -0.05) is 23.5 Å². The second kappa shape index (κ2) is 10.1. The number of nitrogens with zero attached hydrogens (tertiary/aromatic N) is 2. The Hall–Kier alpha value is -4.15. The number of anilines is 2. The first-order valence-corrected chi connectivity index (χ1v) is 13.6. The molecule has 0 aliphatic rings. The average molecular weight is 534 g/mol. The molecule has 188 valence electrons. The minimum absolute atomic E-state index is 0.101. The standard InChI is InChI=1S/C27H23N3O5S2/c1-18-5-3-7-24-25(18)28-27(36-24)30(17-22-6-4-16-35-22)26(31)19-8-10-20(11-9-19)29-37(32,33)23-14-12-21(34-2)13-15-23/h3-16,29H,17H2,1-2H3. The summed E-state index contributed by atoms with van der Waals surface area (Å²) in [5, 5.41) is 0.551. The number of thiazole rings is 1. The maximum absolute atomic E-state index is 13.6. The SMILES string of the molecule is COc1ccc(S(=O)(=O)Nc2ccc(C(=O)N(Cc3ccco3)c3nc4c(C)cccc4s3)cc2)cc1. The van der Waals surface area contributed by atoms with Crippen molar-refractivity contribution in [3.8, 4) is 5.75 Å². The van der Waals surface area contributed by atoms with E-state index in [-0.39, 0.29) is 17.3 Å². The van der Waals surface area contributed by atoms with Crippen LogP contribution in [0.25, 0.3) is 10.2 Å². The number of carbonyl (C=O) groups excluding carboxylic acids is 1. The molecular weight excluding hydrogens is 510 g/mol. The van der Waals surface area contributed by atoms with Crippen LogP contribution in [-0.2, 0) is 16.6 Å². The molecule has 5 aromatic rings. The Morgan fingerprint density at radius 3 is 2.43 bits per heavy atom. The summed E-state index contributed by atoms with van der Waals surface area (Å²) in [5.41, 5.74) is 2.59. The molecule has 0 fully saturated rings. The van der Waals surface area contributed by atoms with Crippen LogP contribution in [0.5, 0.6) is 5.75 Å². The van der Waals surface area contributed by atoms with Crippen molar-refractivity contribution in [3.05, 3.63) is 102 Å². The number of rotatable bonds is 8. The highest BCUT2D eigenvalue weighted by Crippen LogP contribution is 2.32. The minimum atomic E-state index is -3.81. The second-order valence-corrected chi connectivity index (χ2v) is 10.9. The predicted octanol–water partition coefficient (Wildman–Crippen LogP) is 5.85. The van der Waals surface area contributed by atoms with Crippen LogP contribution in [0.2, 0.25) is 0 Å². The molecule has 5 rings (SSSR count). The Kier molecular flexibility index (Phi) is 6.68. The molecule has 0 spiro atoms. The molecule has 0 saturated heterocycles. The van der Waals surface area contributed by atoms with Gasteiger partial charge in [0.1, 0.15) is 11.5 Å². The highest BCUT2D eigenvalue weighted by atomic mass is 32.2. The van der Waals surface area contributed by atoms with Gasteiger partial charge in [-0.3, -0.25) is 14.4 Å². The molecule has 2 aromatic heterocycles. The lowest BCUT2D eigenvalue weighted by molar-refractivity contribution is 0.0983. The van der Waals surface area contributed by atoms with Gasteiger partial charge in [-0.05, 0) is 79.2 Å². The lowest BCUT2D eigenvalue weighted by Crippen LogP contribution is -2.30. The smallest absolute Gasteiger partial charge is 0.261 e. The molecule has 0 saturated carbocycles. The Morgan fingerprint density at radius 2 is 1.78 bits per heavy atom. The van der Waals surface area contributed by atoms with E-state index in [1.165, 1.54) is 30.6 Å². The zero-order valence-electron chi connectivity index (χ0n) is 20.0. The summed E-state index contributed by atoms with van der Waals surface area (Å²) in [4.78, 5) is 20.0.